The molecule has 0 unspecified atom stereocenters. The number of nitrogens with two attached hydrogens (primary N) is 1. The molecule has 1 aliphatic rings. The van der Waals surface area contributed by atoms with Gasteiger partial charge in [-0.25, -0.2) is 0 Å². The first kappa shape index (κ1) is 12.4. The molecule has 2 nitrogen and oxygen atoms in total. The van der Waals surface area contributed by atoms with Crippen LogP contribution >= 0.6 is 0 Å². The molecule has 3 N–H and O–H groups in total. The third kappa shape index (κ3) is 2.30. The smallest absolute Gasteiger partial charge is 0.390 e. The summed E-state index contributed by atoms with van der Waals surface area (Å²) in [5, 5.41) is 9.64. The van der Waals surface area contributed by atoms with Crippen LogP contribution in [-0.4, -0.2) is 10.7 Å². The number of rotatable bonds is 1. The van der Waals surface area contributed by atoms with Crippen LogP contribution in [-0.2, 0) is 11.7 Å². The maximum Gasteiger partial charge on any atom is 0.416 e. The lowest BCUT2D eigenvalue weighted by molar-refractivity contribution is -0.137. The molecule has 1 saturated carbocycles. The lowest BCUT2D eigenvalue weighted by Crippen LogP contribution is -2.58. The number of hydrogen-bond donors (Lipinski definition) is 2. The molecule has 1 aliphatic carbocycles. The van der Waals surface area contributed by atoms with Gasteiger partial charge in [0, 0.05) is 5.54 Å². The van der Waals surface area contributed by atoms with E-state index in [0.717, 1.165) is 12.1 Å². The Balaban J connectivity index is 2.30. The van der Waals surface area contributed by atoms with Crippen molar-refractivity contribution < 1.29 is 18.3 Å². The SMILES string of the molecule is CC1(O)CC(N)(c2cccc(C(F)(F)F)c2)C1. The third-order valence-corrected chi connectivity index (χ3v) is 3.16. The number of alkyl halides is 3. The normalized spacial score (nSPS) is 33.3. The van der Waals surface area contributed by atoms with Gasteiger partial charge in [-0.3, -0.25) is 0 Å². The second kappa shape index (κ2) is 3.46. The first-order valence-electron chi connectivity index (χ1n) is 5.31. The first-order valence-corrected chi connectivity index (χ1v) is 5.31. The Labute approximate surface area is 97.2 Å². The van der Waals surface area contributed by atoms with Gasteiger partial charge in [0.05, 0.1) is 11.2 Å². The number of halogens is 3. The van der Waals surface area contributed by atoms with E-state index in [-0.39, 0.29) is 12.8 Å². The fourth-order valence-corrected chi connectivity index (χ4v) is 2.52. The maximum atomic E-state index is 12.5. The molecule has 0 amide bonds. The van der Waals surface area contributed by atoms with Gasteiger partial charge in [0.15, 0.2) is 0 Å². The van der Waals surface area contributed by atoms with E-state index in [1.165, 1.54) is 6.07 Å². The second-order valence-electron chi connectivity index (χ2n) is 5.09. The van der Waals surface area contributed by atoms with E-state index in [1.807, 2.05) is 0 Å². The number of aliphatic hydroxyl groups is 1. The summed E-state index contributed by atoms with van der Waals surface area (Å²) in [6.45, 7) is 1.63. The van der Waals surface area contributed by atoms with Gasteiger partial charge in [0.25, 0.3) is 0 Å². The van der Waals surface area contributed by atoms with Crippen LogP contribution in [0.15, 0.2) is 24.3 Å². The van der Waals surface area contributed by atoms with Crippen LogP contribution in [0.2, 0.25) is 0 Å². The molecule has 5 heteroatoms. The Kier molecular flexibility index (Phi) is 2.52. The standard InChI is InChI=1S/C12H14F3NO/c1-10(17)6-11(16,7-10)8-3-2-4-9(5-8)12(13,14)15/h2-5,17H,6-7,16H2,1H3. The van der Waals surface area contributed by atoms with Gasteiger partial charge < -0.3 is 10.8 Å². The van der Waals surface area contributed by atoms with Crippen LogP contribution in [0.4, 0.5) is 13.2 Å². The minimum Gasteiger partial charge on any atom is -0.390 e. The Bertz CT molecular complexity index is 432. The van der Waals surface area contributed by atoms with Gasteiger partial charge in [0.1, 0.15) is 0 Å². The van der Waals surface area contributed by atoms with Gasteiger partial charge in [-0.2, -0.15) is 13.2 Å². The van der Waals surface area contributed by atoms with Crippen molar-refractivity contribution in [1.82, 2.24) is 0 Å². The van der Waals surface area contributed by atoms with Crippen molar-refractivity contribution in [2.75, 3.05) is 0 Å². The minimum absolute atomic E-state index is 0.279. The van der Waals surface area contributed by atoms with Crippen LogP contribution < -0.4 is 5.73 Å². The Morgan fingerprint density at radius 2 is 1.88 bits per heavy atom. The average molecular weight is 245 g/mol. The van der Waals surface area contributed by atoms with E-state index in [1.54, 1.807) is 13.0 Å². The molecule has 94 valence electrons. The van der Waals surface area contributed by atoms with Gasteiger partial charge in [-0.1, -0.05) is 12.1 Å². The van der Waals surface area contributed by atoms with E-state index in [0.29, 0.717) is 5.56 Å². The van der Waals surface area contributed by atoms with Crippen molar-refractivity contribution >= 4 is 0 Å². The molecule has 0 saturated heterocycles. The van der Waals surface area contributed by atoms with Crippen LogP contribution in [0.25, 0.3) is 0 Å². The highest BCUT2D eigenvalue weighted by molar-refractivity contribution is 5.34. The summed E-state index contributed by atoms with van der Waals surface area (Å²) in [6.07, 6.45) is -3.80. The highest BCUT2D eigenvalue weighted by atomic mass is 19.4. The molecule has 0 radical (unpaired) electrons. The van der Waals surface area contributed by atoms with Crippen LogP contribution in [0, 0.1) is 0 Å². The fraction of sp³-hybridized carbons (Fsp3) is 0.500. The molecule has 0 bridgehead atoms. The topological polar surface area (TPSA) is 46.2 Å². The average Bonchev–Trinajstić information content (AvgIpc) is 2.13. The van der Waals surface area contributed by atoms with E-state index in [9.17, 15) is 18.3 Å². The zero-order valence-corrected chi connectivity index (χ0v) is 9.38. The van der Waals surface area contributed by atoms with E-state index < -0.39 is 22.9 Å². The summed E-state index contributed by atoms with van der Waals surface area (Å²) in [5.41, 5.74) is 4.00. The van der Waals surface area contributed by atoms with Crippen molar-refractivity contribution in [3.63, 3.8) is 0 Å². The van der Waals surface area contributed by atoms with Crippen molar-refractivity contribution in [2.24, 2.45) is 5.73 Å². The van der Waals surface area contributed by atoms with Gasteiger partial charge in [0.2, 0.25) is 0 Å². The van der Waals surface area contributed by atoms with Crippen LogP contribution in [0.5, 0.6) is 0 Å². The molecule has 0 spiro atoms. The molecule has 1 aromatic carbocycles. The minimum atomic E-state index is -4.36. The molecule has 2 rings (SSSR count). The van der Waals surface area contributed by atoms with Gasteiger partial charge in [-0.05, 0) is 37.5 Å². The summed E-state index contributed by atoms with van der Waals surface area (Å²) in [5.74, 6) is 0. The molecule has 1 fully saturated rings. The Morgan fingerprint density at radius 1 is 1.29 bits per heavy atom. The van der Waals surface area contributed by atoms with Crippen molar-refractivity contribution in [2.45, 2.75) is 37.1 Å². The summed E-state index contributed by atoms with van der Waals surface area (Å²) < 4.78 is 37.6. The van der Waals surface area contributed by atoms with Crippen molar-refractivity contribution in [3.8, 4) is 0 Å². The Hall–Kier alpha value is -1.07. The van der Waals surface area contributed by atoms with E-state index >= 15 is 0 Å². The van der Waals surface area contributed by atoms with Crippen molar-refractivity contribution in [1.29, 1.82) is 0 Å². The maximum absolute atomic E-state index is 12.5. The molecule has 17 heavy (non-hydrogen) atoms. The lowest BCUT2D eigenvalue weighted by atomic mass is 9.63. The monoisotopic (exact) mass is 245 g/mol. The number of benzene rings is 1. The van der Waals surface area contributed by atoms with Crippen molar-refractivity contribution in [3.05, 3.63) is 35.4 Å². The van der Waals surface area contributed by atoms with Crippen LogP contribution in [0.1, 0.15) is 30.9 Å². The molecular formula is C12H14F3NO. The first-order chi connectivity index (χ1) is 7.62. The highest BCUT2D eigenvalue weighted by Gasteiger charge is 2.49. The van der Waals surface area contributed by atoms with E-state index in [2.05, 4.69) is 0 Å². The zero-order chi connectivity index (χ0) is 12.9. The highest BCUT2D eigenvalue weighted by Crippen LogP contribution is 2.46. The van der Waals surface area contributed by atoms with Crippen LogP contribution in [0.3, 0.4) is 0 Å². The zero-order valence-electron chi connectivity index (χ0n) is 9.38. The summed E-state index contributed by atoms with van der Waals surface area (Å²) in [7, 11) is 0. The largest absolute Gasteiger partial charge is 0.416 e. The quantitative estimate of drug-likeness (QED) is 0.798. The third-order valence-electron chi connectivity index (χ3n) is 3.16. The van der Waals surface area contributed by atoms with Gasteiger partial charge in [-0.15, -0.1) is 0 Å². The number of hydrogen-bond acceptors (Lipinski definition) is 2. The molecule has 0 aliphatic heterocycles. The summed E-state index contributed by atoms with van der Waals surface area (Å²) >= 11 is 0. The Morgan fingerprint density at radius 3 is 2.35 bits per heavy atom. The molecule has 0 aromatic heterocycles. The fourth-order valence-electron chi connectivity index (χ4n) is 2.52. The predicted molar refractivity (Wildman–Crippen MR) is 57.2 cm³/mol. The molecule has 1 aromatic rings. The predicted octanol–water partition coefficient (Wildman–Crippen LogP) is 2.40. The molecular weight excluding hydrogens is 231 g/mol. The summed E-state index contributed by atoms with van der Waals surface area (Å²) in [4.78, 5) is 0. The molecule has 0 atom stereocenters. The molecule has 0 heterocycles. The second-order valence-corrected chi connectivity index (χ2v) is 5.09. The van der Waals surface area contributed by atoms with E-state index in [4.69, 9.17) is 5.73 Å². The van der Waals surface area contributed by atoms with Gasteiger partial charge >= 0.3 is 6.18 Å². The summed E-state index contributed by atoms with van der Waals surface area (Å²) in [6, 6.07) is 5.00. The lowest BCUT2D eigenvalue weighted by Gasteiger charge is -2.49.